The van der Waals surface area contributed by atoms with Gasteiger partial charge in [-0.3, -0.25) is 4.79 Å². The van der Waals surface area contributed by atoms with Crippen LogP contribution in [0.25, 0.3) is 0 Å². The van der Waals surface area contributed by atoms with E-state index in [2.05, 4.69) is 5.32 Å². The number of aliphatic hydroxyl groups excluding tert-OH is 1. The molecule has 0 aliphatic heterocycles. The number of nitrogens with one attached hydrogen (secondary N) is 1. The van der Waals surface area contributed by atoms with Gasteiger partial charge in [-0.05, 0) is 32.1 Å². The van der Waals surface area contributed by atoms with Gasteiger partial charge in [0.05, 0.1) is 6.61 Å². The Labute approximate surface area is 113 Å². The first-order valence-corrected chi connectivity index (χ1v) is 7.02. The molecule has 1 rings (SSSR count). The van der Waals surface area contributed by atoms with Crippen LogP contribution in [0.2, 0.25) is 0 Å². The summed E-state index contributed by atoms with van der Waals surface area (Å²) >= 11 is 0. The van der Waals surface area contributed by atoms with Crippen molar-refractivity contribution in [2.45, 2.75) is 51.0 Å². The molecule has 3 N–H and O–H groups in total. The topological polar surface area (TPSA) is 89.9 Å². The van der Waals surface area contributed by atoms with Crippen LogP contribution in [0.1, 0.15) is 44.9 Å². The summed E-state index contributed by atoms with van der Waals surface area (Å²) in [7, 11) is 0. The quantitative estimate of drug-likeness (QED) is 0.550. The number of carbonyl (C=O) groups excluding carboxylic acids is 1. The van der Waals surface area contributed by atoms with Gasteiger partial charge in [0.1, 0.15) is 0 Å². The summed E-state index contributed by atoms with van der Waals surface area (Å²) in [5.74, 6) is -0.775. The van der Waals surface area contributed by atoms with E-state index in [0.29, 0.717) is 19.5 Å². The van der Waals surface area contributed by atoms with Crippen LogP contribution >= 0.6 is 0 Å². The maximum absolute atomic E-state index is 11.9. The molecule has 110 valence electrons. The zero-order valence-corrected chi connectivity index (χ0v) is 11.3. The molecule has 0 bridgehead atoms. The molecule has 1 saturated carbocycles. The molecule has 0 aromatic rings. The van der Waals surface area contributed by atoms with Gasteiger partial charge in [-0.1, -0.05) is 6.42 Å². The van der Waals surface area contributed by atoms with E-state index in [1.54, 1.807) is 4.90 Å². The number of carbonyl (C=O) groups is 2. The molecule has 0 aromatic heterocycles. The first kappa shape index (κ1) is 15.8. The Hall–Kier alpha value is -1.30. The molecule has 0 radical (unpaired) electrons. The Bertz CT molecular complexity index is 292. The molecule has 2 amide bonds. The van der Waals surface area contributed by atoms with Crippen molar-refractivity contribution in [2.75, 3.05) is 19.7 Å². The molecule has 1 fully saturated rings. The van der Waals surface area contributed by atoms with Gasteiger partial charge in [0.2, 0.25) is 0 Å². The fourth-order valence-electron chi connectivity index (χ4n) is 2.13. The molecule has 6 heteroatoms. The van der Waals surface area contributed by atoms with Crippen LogP contribution < -0.4 is 5.32 Å². The normalized spacial score (nSPS) is 14.8. The van der Waals surface area contributed by atoms with Gasteiger partial charge < -0.3 is 20.4 Å². The lowest BCUT2D eigenvalue weighted by Gasteiger charge is -2.37. The zero-order chi connectivity index (χ0) is 14.1. The number of rotatable bonds is 9. The highest BCUT2D eigenvalue weighted by Crippen LogP contribution is 2.24. The number of hydrogen-bond donors (Lipinski definition) is 3. The average molecular weight is 272 g/mol. The molecular formula is C13H24N2O4. The molecule has 0 saturated heterocycles. The third-order valence-corrected chi connectivity index (χ3v) is 3.46. The van der Waals surface area contributed by atoms with Crippen molar-refractivity contribution >= 4 is 12.0 Å². The maximum Gasteiger partial charge on any atom is 0.317 e. The molecule has 0 unspecified atom stereocenters. The predicted molar refractivity (Wildman–Crippen MR) is 70.9 cm³/mol. The average Bonchev–Trinajstić information content (AvgIpc) is 2.30. The number of carboxylic acids is 1. The molecule has 6 nitrogen and oxygen atoms in total. The van der Waals surface area contributed by atoms with Crippen LogP contribution in [0.5, 0.6) is 0 Å². The minimum absolute atomic E-state index is 0.0114. The number of aliphatic hydroxyl groups is 1. The molecule has 1 aliphatic rings. The third-order valence-electron chi connectivity index (χ3n) is 3.46. The van der Waals surface area contributed by atoms with Crippen LogP contribution in [-0.2, 0) is 4.79 Å². The van der Waals surface area contributed by atoms with Gasteiger partial charge in [-0.2, -0.15) is 0 Å². The fraction of sp³-hybridized carbons (Fsp3) is 0.846. The van der Waals surface area contributed by atoms with Crippen LogP contribution in [0.15, 0.2) is 0 Å². The van der Waals surface area contributed by atoms with Gasteiger partial charge in [0.25, 0.3) is 0 Å². The molecule has 1 aliphatic carbocycles. The molecule has 0 atom stereocenters. The van der Waals surface area contributed by atoms with E-state index >= 15 is 0 Å². The van der Waals surface area contributed by atoms with E-state index in [1.165, 1.54) is 0 Å². The lowest BCUT2D eigenvalue weighted by Crippen LogP contribution is -2.50. The monoisotopic (exact) mass is 272 g/mol. The van der Waals surface area contributed by atoms with Crippen molar-refractivity contribution in [1.82, 2.24) is 10.2 Å². The maximum atomic E-state index is 11.9. The van der Waals surface area contributed by atoms with Crippen molar-refractivity contribution in [3.63, 3.8) is 0 Å². The van der Waals surface area contributed by atoms with Gasteiger partial charge in [-0.25, -0.2) is 4.79 Å². The number of amides is 2. The van der Waals surface area contributed by atoms with Gasteiger partial charge in [0.15, 0.2) is 0 Å². The fourth-order valence-corrected chi connectivity index (χ4v) is 2.13. The molecule has 0 aromatic carbocycles. The summed E-state index contributed by atoms with van der Waals surface area (Å²) in [6.45, 7) is 0.936. The van der Waals surface area contributed by atoms with Crippen molar-refractivity contribution < 1.29 is 19.8 Å². The molecule has 0 heterocycles. The van der Waals surface area contributed by atoms with Gasteiger partial charge in [0, 0.05) is 25.6 Å². The summed E-state index contributed by atoms with van der Waals surface area (Å²) in [5, 5.41) is 20.3. The standard InChI is InChI=1S/C13H24N2O4/c16-10-9-15(11-5-4-6-11)13(19)14-8-3-1-2-7-12(17)18/h11,16H,1-10H2,(H,14,19)(H,17,18). The largest absolute Gasteiger partial charge is 0.481 e. The Morgan fingerprint density at radius 3 is 2.47 bits per heavy atom. The van der Waals surface area contributed by atoms with Gasteiger partial charge >= 0.3 is 12.0 Å². The SMILES string of the molecule is O=C(O)CCCCCNC(=O)N(CCO)C1CCC1. The van der Waals surface area contributed by atoms with Gasteiger partial charge in [-0.15, -0.1) is 0 Å². The highest BCUT2D eigenvalue weighted by Gasteiger charge is 2.27. The minimum Gasteiger partial charge on any atom is -0.481 e. The first-order valence-electron chi connectivity index (χ1n) is 7.02. The number of nitrogens with zero attached hydrogens (tertiary/aromatic N) is 1. The summed E-state index contributed by atoms with van der Waals surface area (Å²) in [6, 6.07) is 0.163. The molecule has 19 heavy (non-hydrogen) atoms. The van der Waals surface area contributed by atoms with Crippen molar-refractivity contribution in [2.24, 2.45) is 0 Å². The second kappa shape index (κ2) is 8.74. The smallest absolute Gasteiger partial charge is 0.317 e. The Kier molecular flexibility index (Phi) is 7.25. The highest BCUT2D eigenvalue weighted by molar-refractivity contribution is 5.74. The Morgan fingerprint density at radius 2 is 1.95 bits per heavy atom. The van der Waals surface area contributed by atoms with Crippen molar-refractivity contribution in [1.29, 1.82) is 0 Å². The Balaban J connectivity index is 2.12. The Morgan fingerprint density at radius 1 is 1.21 bits per heavy atom. The van der Waals surface area contributed by atoms with Crippen LogP contribution in [0.4, 0.5) is 4.79 Å². The zero-order valence-electron chi connectivity index (χ0n) is 11.3. The highest BCUT2D eigenvalue weighted by atomic mass is 16.4. The van der Waals surface area contributed by atoms with E-state index in [0.717, 1.165) is 32.1 Å². The van der Waals surface area contributed by atoms with Crippen LogP contribution in [0, 0.1) is 0 Å². The van der Waals surface area contributed by atoms with Crippen molar-refractivity contribution in [3.05, 3.63) is 0 Å². The number of carboxylic acid groups (broad SMARTS) is 1. The van der Waals surface area contributed by atoms with E-state index in [-0.39, 0.29) is 25.1 Å². The second-order valence-corrected chi connectivity index (χ2v) is 4.94. The van der Waals surface area contributed by atoms with E-state index in [4.69, 9.17) is 10.2 Å². The van der Waals surface area contributed by atoms with E-state index < -0.39 is 5.97 Å². The lowest BCUT2D eigenvalue weighted by molar-refractivity contribution is -0.137. The van der Waals surface area contributed by atoms with E-state index in [1.807, 2.05) is 0 Å². The van der Waals surface area contributed by atoms with E-state index in [9.17, 15) is 9.59 Å². The number of hydrogen-bond acceptors (Lipinski definition) is 3. The third kappa shape index (κ3) is 5.92. The number of unbranched alkanes of at least 4 members (excludes halogenated alkanes) is 2. The summed E-state index contributed by atoms with van der Waals surface area (Å²) in [5.41, 5.74) is 0. The van der Waals surface area contributed by atoms with Crippen LogP contribution in [-0.4, -0.2) is 52.9 Å². The lowest BCUT2D eigenvalue weighted by atomic mass is 9.92. The molecular weight excluding hydrogens is 248 g/mol. The summed E-state index contributed by atoms with van der Waals surface area (Å²) in [6.07, 6.45) is 5.61. The summed E-state index contributed by atoms with van der Waals surface area (Å²) < 4.78 is 0. The number of urea groups is 1. The predicted octanol–water partition coefficient (Wildman–Crippen LogP) is 1.19. The number of aliphatic carboxylic acids is 1. The molecule has 0 spiro atoms. The second-order valence-electron chi connectivity index (χ2n) is 4.94. The van der Waals surface area contributed by atoms with Crippen LogP contribution in [0.3, 0.4) is 0 Å². The summed E-state index contributed by atoms with van der Waals surface area (Å²) in [4.78, 5) is 23.9. The van der Waals surface area contributed by atoms with Crippen molar-refractivity contribution in [3.8, 4) is 0 Å². The first-order chi connectivity index (χ1) is 9.15. The minimum atomic E-state index is -0.775.